The van der Waals surface area contributed by atoms with Gasteiger partial charge in [0.25, 0.3) is 0 Å². The summed E-state index contributed by atoms with van der Waals surface area (Å²) in [5.41, 5.74) is 9.27. The van der Waals surface area contributed by atoms with Gasteiger partial charge in [-0.15, -0.1) is 0 Å². The van der Waals surface area contributed by atoms with Crippen LogP contribution in [-0.4, -0.2) is 21.0 Å². The SMILES string of the molecule is Cc1cc(/C(N)=N/O)nc(Oc2ccc3c(c2)CCC3)n1. The number of nitrogens with zero attached hydrogens (tertiary/aromatic N) is 3. The quantitative estimate of drug-likeness (QED) is 0.390. The monoisotopic (exact) mass is 284 g/mol. The van der Waals surface area contributed by atoms with E-state index in [1.807, 2.05) is 12.1 Å². The molecule has 2 aromatic rings. The van der Waals surface area contributed by atoms with Crippen LogP contribution >= 0.6 is 0 Å². The average Bonchev–Trinajstić information content (AvgIpc) is 2.93. The Hall–Kier alpha value is -2.63. The van der Waals surface area contributed by atoms with Gasteiger partial charge in [-0.05, 0) is 55.5 Å². The zero-order valence-electron chi connectivity index (χ0n) is 11.7. The van der Waals surface area contributed by atoms with Crippen LogP contribution in [0.3, 0.4) is 0 Å². The van der Waals surface area contributed by atoms with Crippen molar-refractivity contribution in [2.75, 3.05) is 0 Å². The standard InChI is InChI=1S/C15H16N4O2/c1-9-7-13(14(16)19-20)18-15(17-9)21-12-6-5-10-3-2-4-11(10)8-12/h5-8,20H,2-4H2,1H3,(H2,16,19). The van der Waals surface area contributed by atoms with E-state index in [0.29, 0.717) is 17.1 Å². The second-order valence-corrected chi connectivity index (χ2v) is 5.05. The first-order chi connectivity index (χ1) is 10.2. The molecule has 0 saturated carbocycles. The first-order valence-electron chi connectivity index (χ1n) is 6.79. The van der Waals surface area contributed by atoms with Gasteiger partial charge in [0.15, 0.2) is 5.84 Å². The van der Waals surface area contributed by atoms with Gasteiger partial charge in [0.2, 0.25) is 0 Å². The largest absolute Gasteiger partial charge is 0.424 e. The van der Waals surface area contributed by atoms with Crippen molar-refractivity contribution in [1.29, 1.82) is 0 Å². The van der Waals surface area contributed by atoms with E-state index in [1.165, 1.54) is 17.5 Å². The van der Waals surface area contributed by atoms with Crippen LogP contribution < -0.4 is 10.5 Å². The highest BCUT2D eigenvalue weighted by Crippen LogP contribution is 2.28. The third kappa shape index (κ3) is 2.79. The van der Waals surface area contributed by atoms with E-state index in [-0.39, 0.29) is 11.8 Å². The van der Waals surface area contributed by atoms with Gasteiger partial charge in [-0.2, -0.15) is 4.98 Å². The van der Waals surface area contributed by atoms with E-state index in [0.717, 1.165) is 12.8 Å². The average molecular weight is 284 g/mol. The van der Waals surface area contributed by atoms with Crippen LogP contribution in [0.4, 0.5) is 0 Å². The minimum atomic E-state index is -0.0701. The Morgan fingerprint density at radius 2 is 2.05 bits per heavy atom. The molecule has 0 saturated heterocycles. The molecule has 3 N–H and O–H groups in total. The van der Waals surface area contributed by atoms with Gasteiger partial charge in [0.05, 0.1) is 0 Å². The summed E-state index contributed by atoms with van der Waals surface area (Å²) in [5, 5.41) is 11.7. The number of aromatic nitrogens is 2. The van der Waals surface area contributed by atoms with E-state index in [9.17, 15) is 0 Å². The molecule has 3 rings (SSSR count). The number of rotatable bonds is 3. The van der Waals surface area contributed by atoms with Crippen LogP contribution in [0.2, 0.25) is 0 Å². The van der Waals surface area contributed by atoms with Crippen molar-refractivity contribution in [2.45, 2.75) is 26.2 Å². The number of hydrogen-bond acceptors (Lipinski definition) is 5. The second kappa shape index (κ2) is 5.40. The lowest BCUT2D eigenvalue weighted by atomic mass is 10.1. The molecule has 0 unspecified atom stereocenters. The van der Waals surface area contributed by atoms with E-state index in [1.54, 1.807) is 13.0 Å². The molecular formula is C15H16N4O2. The fourth-order valence-corrected chi connectivity index (χ4v) is 2.49. The summed E-state index contributed by atoms with van der Waals surface area (Å²) in [6.07, 6.45) is 3.40. The summed E-state index contributed by atoms with van der Waals surface area (Å²) in [6, 6.07) is 7.84. The maximum absolute atomic E-state index is 8.73. The van der Waals surface area contributed by atoms with Gasteiger partial charge in [-0.25, -0.2) is 4.98 Å². The summed E-state index contributed by atoms with van der Waals surface area (Å²) in [4.78, 5) is 8.36. The predicted molar refractivity (Wildman–Crippen MR) is 77.8 cm³/mol. The molecule has 1 heterocycles. The molecule has 0 radical (unpaired) electrons. The third-order valence-corrected chi connectivity index (χ3v) is 3.48. The normalized spacial score (nSPS) is 14.0. The topological polar surface area (TPSA) is 93.6 Å². The zero-order chi connectivity index (χ0) is 14.8. The number of fused-ring (bicyclic) bond motifs is 1. The van der Waals surface area contributed by atoms with Crippen LogP contribution in [0.1, 0.15) is 28.9 Å². The lowest BCUT2D eigenvalue weighted by Gasteiger charge is -2.08. The summed E-state index contributed by atoms with van der Waals surface area (Å²) >= 11 is 0. The van der Waals surface area contributed by atoms with Crippen molar-refractivity contribution in [3.8, 4) is 11.8 Å². The predicted octanol–water partition coefficient (Wildman–Crippen LogP) is 2.16. The fraction of sp³-hybridized carbons (Fsp3) is 0.267. The lowest BCUT2D eigenvalue weighted by Crippen LogP contribution is -2.16. The van der Waals surface area contributed by atoms with Crippen molar-refractivity contribution >= 4 is 5.84 Å². The Bertz CT molecular complexity index is 713. The number of benzene rings is 1. The second-order valence-electron chi connectivity index (χ2n) is 5.05. The molecule has 0 spiro atoms. The Morgan fingerprint density at radius 1 is 1.24 bits per heavy atom. The van der Waals surface area contributed by atoms with Crippen LogP contribution in [0, 0.1) is 6.92 Å². The Balaban J connectivity index is 1.89. The van der Waals surface area contributed by atoms with Crippen LogP contribution in [0.25, 0.3) is 0 Å². The van der Waals surface area contributed by atoms with E-state index >= 15 is 0 Å². The van der Waals surface area contributed by atoms with E-state index in [4.69, 9.17) is 15.7 Å². The molecule has 108 valence electrons. The highest BCUT2D eigenvalue weighted by Gasteiger charge is 2.13. The number of hydrogen-bond donors (Lipinski definition) is 2. The smallest absolute Gasteiger partial charge is 0.322 e. The third-order valence-electron chi connectivity index (χ3n) is 3.48. The van der Waals surface area contributed by atoms with Gasteiger partial charge in [-0.3, -0.25) is 0 Å². The lowest BCUT2D eigenvalue weighted by molar-refractivity contribution is 0.318. The number of nitrogens with two attached hydrogens (primary N) is 1. The molecule has 6 nitrogen and oxygen atoms in total. The maximum Gasteiger partial charge on any atom is 0.322 e. The van der Waals surface area contributed by atoms with Gasteiger partial charge < -0.3 is 15.7 Å². The molecule has 21 heavy (non-hydrogen) atoms. The molecule has 1 aliphatic rings. The zero-order valence-corrected chi connectivity index (χ0v) is 11.7. The van der Waals surface area contributed by atoms with E-state index in [2.05, 4.69) is 21.2 Å². The van der Waals surface area contributed by atoms with E-state index < -0.39 is 0 Å². The van der Waals surface area contributed by atoms with Crippen LogP contribution in [0.15, 0.2) is 29.4 Å². The highest BCUT2D eigenvalue weighted by atomic mass is 16.5. The molecule has 0 fully saturated rings. The first kappa shape index (κ1) is 13.4. The van der Waals surface area contributed by atoms with Crippen molar-refractivity contribution in [2.24, 2.45) is 10.9 Å². The molecule has 0 aliphatic heterocycles. The van der Waals surface area contributed by atoms with Crippen molar-refractivity contribution < 1.29 is 9.94 Å². The van der Waals surface area contributed by atoms with Crippen molar-refractivity contribution in [3.63, 3.8) is 0 Å². The summed E-state index contributed by atoms with van der Waals surface area (Å²) in [6.45, 7) is 1.80. The van der Waals surface area contributed by atoms with Crippen LogP contribution in [-0.2, 0) is 12.8 Å². The molecule has 0 bridgehead atoms. The maximum atomic E-state index is 8.73. The molecular weight excluding hydrogens is 268 g/mol. The van der Waals surface area contributed by atoms with Crippen LogP contribution in [0.5, 0.6) is 11.8 Å². The van der Waals surface area contributed by atoms with Crippen molar-refractivity contribution in [3.05, 3.63) is 46.8 Å². The Morgan fingerprint density at radius 3 is 2.86 bits per heavy atom. The molecule has 6 heteroatoms. The summed E-state index contributed by atoms with van der Waals surface area (Å²) in [7, 11) is 0. The molecule has 1 aromatic carbocycles. The molecule has 1 aliphatic carbocycles. The van der Waals surface area contributed by atoms with Gasteiger partial charge in [-0.1, -0.05) is 11.2 Å². The van der Waals surface area contributed by atoms with Gasteiger partial charge in [0.1, 0.15) is 11.4 Å². The number of ether oxygens (including phenoxy) is 1. The number of aryl methyl sites for hydroxylation is 3. The fourth-order valence-electron chi connectivity index (χ4n) is 2.49. The Labute approximate surface area is 122 Å². The molecule has 0 atom stereocenters. The molecule has 0 amide bonds. The minimum absolute atomic E-state index is 0.0701. The first-order valence-corrected chi connectivity index (χ1v) is 6.79. The Kier molecular flexibility index (Phi) is 3.43. The van der Waals surface area contributed by atoms with Gasteiger partial charge >= 0.3 is 6.01 Å². The molecule has 1 aromatic heterocycles. The van der Waals surface area contributed by atoms with Crippen molar-refractivity contribution in [1.82, 2.24) is 9.97 Å². The highest BCUT2D eigenvalue weighted by molar-refractivity contribution is 5.95. The summed E-state index contributed by atoms with van der Waals surface area (Å²) < 4.78 is 5.71. The number of oxime groups is 1. The minimum Gasteiger partial charge on any atom is -0.424 e. The van der Waals surface area contributed by atoms with Gasteiger partial charge in [0, 0.05) is 5.69 Å². The summed E-state index contributed by atoms with van der Waals surface area (Å²) in [5.74, 6) is 0.631. The number of amidine groups is 1.